The maximum absolute atomic E-state index is 12.6. The number of nitrogens with one attached hydrogen (secondary N) is 2. The van der Waals surface area contributed by atoms with Gasteiger partial charge in [-0.2, -0.15) is 0 Å². The highest BCUT2D eigenvalue weighted by Gasteiger charge is 2.20. The predicted molar refractivity (Wildman–Crippen MR) is 115 cm³/mol. The number of carbonyl (C=O) groups is 1. The first kappa shape index (κ1) is 22.6. The monoisotopic (exact) mass is 401 g/mol. The molecule has 0 aromatic heterocycles. The summed E-state index contributed by atoms with van der Waals surface area (Å²) in [6, 6.07) is 11.8. The molecule has 1 amide bonds. The summed E-state index contributed by atoms with van der Waals surface area (Å²) in [5.74, 6) is 2.19. The summed E-state index contributed by atoms with van der Waals surface area (Å²) in [6.07, 6.45) is 1.02. The van der Waals surface area contributed by atoms with Gasteiger partial charge in [-0.05, 0) is 36.1 Å². The van der Waals surface area contributed by atoms with E-state index in [-0.39, 0.29) is 5.91 Å². The van der Waals surface area contributed by atoms with Crippen LogP contribution in [-0.2, 0) is 11.3 Å². The molecule has 0 bridgehead atoms. The topological polar surface area (TPSA) is 61.2 Å². The van der Waals surface area contributed by atoms with E-state index >= 15 is 0 Å². The van der Waals surface area contributed by atoms with Gasteiger partial charge in [-0.25, -0.2) is 0 Å². The maximum Gasteiger partial charge on any atom is 0.279 e. The van der Waals surface area contributed by atoms with E-state index < -0.39 is 0 Å². The standard InChI is InChI=1S/C23H32N2O4/c1-7-16(2)18-10-8-9-11-19(18)24-21(26)15-25(3)14-17-12-13-20(27-4)23(29-6)22(17)28-5/h8-13,16H,7,14-15H2,1-6H3,(H,24,26)/p+1/t16-/m1/s1. The molecule has 0 radical (unpaired) electrons. The molecule has 2 aromatic rings. The highest BCUT2D eigenvalue weighted by atomic mass is 16.5. The Morgan fingerprint density at radius 1 is 1.03 bits per heavy atom. The van der Waals surface area contributed by atoms with E-state index in [1.807, 2.05) is 37.4 Å². The zero-order chi connectivity index (χ0) is 21.4. The van der Waals surface area contributed by atoms with Crippen LogP contribution in [0.2, 0.25) is 0 Å². The fourth-order valence-electron chi connectivity index (χ4n) is 3.42. The van der Waals surface area contributed by atoms with Gasteiger partial charge in [0.25, 0.3) is 5.91 Å². The average Bonchev–Trinajstić information content (AvgIpc) is 2.72. The third kappa shape index (κ3) is 5.64. The molecule has 0 aliphatic rings. The second-order valence-corrected chi connectivity index (χ2v) is 7.25. The Labute approximate surface area is 173 Å². The molecule has 0 aliphatic heterocycles. The first-order valence-electron chi connectivity index (χ1n) is 9.92. The van der Waals surface area contributed by atoms with Crippen LogP contribution in [0.5, 0.6) is 17.2 Å². The Hall–Kier alpha value is -2.73. The van der Waals surface area contributed by atoms with Gasteiger partial charge in [0.15, 0.2) is 18.0 Å². The van der Waals surface area contributed by atoms with Crippen LogP contribution in [0.25, 0.3) is 0 Å². The van der Waals surface area contributed by atoms with Crippen molar-refractivity contribution in [3.63, 3.8) is 0 Å². The van der Waals surface area contributed by atoms with Crippen LogP contribution in [0.3, 0.4) is 0 Å². The third-order valence-corrected chi connectivity index (χ3v) is 5.12. The van der Waals surface area contributed by atoms with Crippen molar-refractivity contribution in [3.05, 3.63) is 47.5 Å². The Kier molecular flexibility index (Phi) is 8.34. The third-order valence-electron chi connectivity index (χ3n) is 5.12. The highest BCUT2D eigenvalue weighted by molar-refractivity contribution is 5.92. The predicted octanol–water partition coefficient (Wildman–Crippen LogP) is 2.88. The fraction of sp³-hybridized carbons (Fsp3) is 0.435. The van der Waals surface area contributed by atoms with Crippen LogP contribution >= 0.6 is 0 Å². The summed E-state index contributed by atoms with van der Waals surface area (Å²) in [6.45, 7) is 5.28. The summed E-state index contributed by atoms with van der Waals surface area (Å²) >= 11 is 0. The van der Waals surface area contributed by atoms with Gasteiger partial charge in [0.2, 0.25) is 5.75 Å². The minimum atomic E-state index is -0.0160. The van der Waals surface area contributed by atoms with E-state index in [2.05, 4.69) is 25.2 Å². The van der Waals surface area contributed by atoms with E-state index in [1.54, 1.807) is 21.3 Å². The van der Waals surface area contributed by atoms with Crippen LogP contribution in [0.1, 0.15) is 37.3 Å². The number of benzene rings is 2. The van der Waals surface area contributed by atoms with E-state index in [0.29, 0.717) is 36.3 Å². The van der Waals surface area contributed by atoms with Gasteiger partial charge in [0.1, 0.15) is 6.54 Å². The molecule has 6 nitrogen and oxygen atoms in total. The minimum Gasteiger partial charge on any atom is -0.493 e. The first-order valence-corrected chi connectivity index (χ1v) is 9.92. The van der Waals surface area contributed by atoms with Crippen molar-refractivity contribution in [2.24, 2.45) is 0 Å². The van der Waals surface area contributed by atoms with Gasteiger partial charge in [-0.3, -0.25) is 4.79 Å². The summed E-state index contributed by atoms with van der Waals surface area (Å²) in [7, 11) is 6.77. The Balaban J connectivity index is 2.08. The number of quaternary nitrogens is 1. The molecule has 0 fully saturated rings. The molecule has 2 aromatic carbocycles. The average molecular weight is 402 g/mol. The number of anilines is 1. The van der Waals surface area contributed by atoms with E-state index in [1.165, 1.54) is 5.56 Å². The summed E-state index contributed by atoms with van der Waals surface area (Å²) in [5.41, 5.74) is 3.02. The lowest BCUT2D eigenvalue weighted by atomic mass is 9.97. The number of para-hydroxylation sites is 1. The van der Waals surface area contributed by atoms with Crippen molar-refractivity contribution in [1.82, 2.24) is 0 Å². The molecule has 29 heavy (non-hydrogen) atoms. The van der Waals surface area contributed by atoms with Crippen LogP contribution < -0.4 is 24.4 Å². The molecule has 0 saturated heterocycles. The van der Waals surface area contributed by atoms with Crippen molar-refractivity contribution in [2.45, 2.75) is 32.7 Å². The number of likely N-dealkylation sites (N-methyl/N-ethyl adjacent to an activating group) is 1. The largest absolute Gasteiger partial charge is 0.493 e. The fourth-order valence-corrected chi connectivity index (χ4v) is 3.42. The van der Waals surface area contributed by atoms with Crippen LogP contribution in [-0.4, -0.2) is 40.8 Å². The van der Waals surface area contributed by atoms with Gasteiger partial charge in [0.05, 0.1) is 33.9 Å². The van der Waals surface area contributed by atoms with E-state index in [4.69, 9.17) is 14.2 Å². The van der Waals surface area contributed by atoms with Crippen LogP contribution in [0.4, 0.5) is 5.69 Å². The van der Waals surface area contributed by atoms with Crippen molar-refractivity contribution in [3.8, 4) is 17.2 Å². The maximum atomic E-state index is 12.6. The van der Waals surface area contributed by atoms with Crippen molar-refractivity contribution >= 4 is 11.6 Å². The minimum absolute atomic E-state index is 0.0160. The number of carbonyl (C=O) groups excluding carboxylic acids is 1. The molecule has 0 spiro atoms. The molecular weight excluding hydrogens is 368 g/mol. The lowest BCUT2D eigenvalue weighted by Gasteiger charge is -2.19. The molecule has 158 valence electrons. The van der Waals surface area contributed by atoms with Crippen molar-refractivity contribution in [1.29, 1.82) is 0 Å². The number of amides is 1. The van der Waals surface area contributed by atoms with Gasteiger partial charge in [-0.1, -0.05) is 32.0 Å². The molecule has 0 saturated carbocycles. The lowest BCUT2D eigenvalue weighted by molar-refractivity contribution is -0.885. The number of methoxy groups -OCH3 is 3. The SMILES string of the molecule is CC[C@@H](C)c1ccccc1NC(=O)C[NH+](C)Cc1ccc(OC)c(OC)c1OC. The van der Waals surface area contributed by atoms with Crippen molar-refractivity contribution < 1.29 is 23.9 Å². The van der Waals surface area contributed by atoms with Gasteiger partial charge in [0, 0.05) is 5.69 Å². The highest BCUT2D eigenvalue weighted by Crippen LogP contribution is 2.39. The van der Waals surface area contributed by atoms with E-state index in [0.717, 1.165) is 22.6 Å². The quantitative estimate of drug-likeness (QED) is 0.643. The normalized spacial score (nSPS) is 12.8. The summed E-state index contributed by atoms with van der Waals surface area (Å²) in [5, 5.41) is 3.08. The number of hydrogen-bond donors (Lipinski definition) is 2. The zero-order valence-corrected chi connectivity index (χ0v) is 18.3. The lowest BCUT2D eigenvalue weighted by Crippen LogP contribution is -3.08. The summed E-state index contributed by atoms with van der Waals surface area (Å²) in [4.78, 5) is 13.7. The number of rotatable bonds is 10. The molecule has 6 heteroatoms. The molecule has 2 N–H and O–H groups in total. The Morgan fingerprint density at radius 2 is 1.72 bits per heavy atom. The number of hydrogen-bond acceptors (Lipinski definition) is 4. The molecule has 2 atom stereocenters. The van der Waals surface area contributed by atoms with Crippen LogP contribution in [0.15, 0.2) is 36.4 Å². The smallest absolute Gasteiger partial charge is 0.279 e. The molecule has 0 heterocycles. The second kappa shape index (κ2) is 10.7. The van der Waals surface area contributed by atoms with Gasteiger partial charge < -0.3 is 24.4 Å². The summed E-state index contributed by atoms with van der Waals surface area (Å²) < 4.78 is 16.3. The van der Waals surface area contributed by atoms with Crippen LogP contribution in [0, 0.1) is 0 Å². The number of ether oxygens (including phenoxy) is 3. The Bertz CT molecular complexity index is 823. The first-order chi connectivity index (χ1) is 13.9. The molecular formula is C23H33N2O4+. The second-order valence-electron chi connectivity index (χ2n) is 7.25. The van der Waals surface area contributed by atoms with Gasteiger partial charge >= 0.3 is 0 Å². The van der Waals surface area contributed by atoms with Crippen molar-refractivity contribution in [2.75, 3.05) is 40.2 Å². The Morgan fingerprint density at radius 3 is 2.34 bits per heavy atom. The van der Waals surface area contributed by atoms with E-state index in [9.17, 15) is 4.79 Å². The molecule has 2 rings (SSSR count). The molecule has 0 aliphatic carbocycles. The molecule has 1 unspecified atom stereocenters. The zero-order valence-electron chi connectivity index (χ0n) is 18.3. The van der Waals surface area contributed by atoms with Gasteiger partial charge in [-0.15, -0.1) is 0 Å².